The summed E-state index contributed by atoms with van der Waals surface area (Å²) in [5, 5.41) is 45.9. The number of rotatable bonds is 4. The number of carbonyl (C=O) groups excluding carboxylic acids is 1. The predicted molar refractivity (Wildman–Crippen MR) is 120 cm³/mol. The molecule has 4 aliphatic rings. The van der Waals surface area contributed by atoms with E-state index in [4.69, 9.17) is 4.74 Å². The second kappa shape index (κ2) is 7.55. The zero-order valence-electron chi connectivity index (χ0n) is 20.1. The van der Waals surface area contributed by atoms with Crippen LogP contribution in [0.15, 0.2) is 23.3 Å². The first-order valence-electron chi connectivity index (χ1n) is 12.0. The van der Waals surface area contributed by atoms with Gasteiger partial charge in [0.05, 0.1) is 18.1 Å². The Morgan fingerprint density at radius 3 is 2.44 bits per heavy atom. The van der Waals surface area contributed by atoms with Crippen LogP contribution in [0.3, 0.4) is 0 Å². The fourth-order valence-electron chi connectivity index (χ4n) is 7.56. The van der Waals surface area contributed by atoms with Crippen LogP contribution in [0.1, 0.15) is 48.0 Å². The number of hydrogen-bond donors (Lipinski definition) is 4. The Morgan fingerprint density at radius 1 is 1.25 bits per heavy atom. The van der Waals surface area contributed by atoms with Gasteiger partial charge in [0.2, 0.25) is 0 Å². The molecule has 0 saturated heterocycles. The van der Waals surface area contributed by atoms with Crippen LogP contribution in [0.4, 0.5) is 4.79 Å². The number of fused-ring (bicyclic) bond motifs is 3. The van der Waals surface area contributed by atoms with Crippen molar-refractivity contribution in [2.24, 2.45) is 34.5 Å². The standard InChI is InChI=1S/C25H39NO6/c1-7-26(8-2)22(30)32-21-13(3)11-24-14(4)9-17-18(23(17,5)6)16(20(24)29)10-15(12-27)19(28)25(21,24)31/h10-11,14,16-21,27-29,31H,7-9,12H2,1-6H3/t14-,16+,17-,18+,19-,20?,21+,24+,25+/m1/s1. The van der Waals surface area contributed by atoms with Gasteiger partial charge in [-0.15, -0.1) is 0 Å². The SMILES string of the molecule is CCN(CC)C(=O)O[C@H]1C(C)=C[C@]23C(O)[C@@H](C=C(CO)[C@@H](O)[C@]12O)[C@H]1[C@@H](C[C@H]3C)C1(C)C. The molecule has 2 saturated carbocycles. The lowest BCUT2D eigenvalue weighted by molar-refractivity contribution is -0.216. The maximum Gasteiger partial charge on any atom is 0.410 e. The second-order valence-corrected chi connectivity index (χ2v) is 11.0. The molecule has 0 aromatic carbocycles. The number of aliphatic hydroxyl groups is 4. The molecule has 7 nitrogen and oxygen atoms in total. The van der Waals surface area contributed by atoms with Crippen molar-refractivity contribution in [3.8, 4) is 0 Å². The number of amides is 1. The van der Waals surface area contributed by atoms with E-state index >= 15 is 0 Å². The molecule has 2 bridgehead atoms. The summed E-state index contributed by atoms with van der Waals surface area (Å²) >= 11 is 0. The van der Waals surface area contributed by atoms with Crippen LogP contribution < -0.4 is 0 Å². The lowest BCUT2D eigenvalue weighted by Crippen LogP contribution is -2.67. The molecule has 9 atom stereocenters. The number of ether oxygens (including phenoxy) is 1. The van der Waals surface area contributed by atoms with Crippen LogP contribution in [0.2, 0.25) is 0 Å². The highest BCUT2D eigenvalue weighted by molar-refractivity contribution is 5.68. The third-order valence-corrected chi connectivity index (χ3v) is 9.40. The minimum absolute atomic E-state index is 0.0397. The van der Waals surface area contributed by atoms with Gasteiger partial charge in [-0.1, -0.05) is 32.9 Å². The average molecular weight is 450 g/mol. The van der Waals surface area contributed by atoms with Gasteiger partial charge in [0.25, 0.3) is 0 Å². The van der Waals surface area contributed by atoms with E-state index in [0.717, 1.165) is 6.42 Å². The normalized spacial score (nSPS) is 46.1. The first kappa shape index (κ1) is 23.7. The van der Waals surface area contributed by atoms with Gasteiger partial charge in [0, 0.05) is 19.0 Å². The Kier molecular flexibility index (Phi) is 5.60. The molecule has 0 aliphatic heterocycles. The van der Waals surface area contributed by atoms with Crippen molar-refractivity contribution in [2.45, 2.75) is 71.9 Å². The minimum Gasteiger partial charge on any atom is -0.438 e. The summed E-state index contributed by atoms with van der Waals surface area (Å²) in [7, 11) is 0. The summed E-state index contributed by atoms with van der Waals surface area (Å²) < 4.78 is 5.85. The van der Waals surface area contributed by atoms with E-state index in [2.05, 4.69) is 13.8 Å². The molecule has 32 heavy (non-hydrogen) atoms. The van der Waals surface area contributed by atoms with Crippen molar-refractivity contribution in [3.63, 3.8) is 0 Å². The number of carbonyl (C=O) groups is 1. The van der Waals surface area contributed by atoms with E-state index in [1.807, 2.05) is 26.8 Å². The summed E-state index contributed by atoms with van der Waals surface area (Å²) in [4.78, 5) is 14.4. The predicted octanol–water partition coefficient (Wildman–Crippen LogP) is 2.09. The topological polar surface area (TPSA) is 110 Å². The maximum absolute atomic E-state index is 12.9. The summed E-state index contributed by atoms with van der Waals surface area (Å²) in [6, 6.07) is 0. The van der Waals surface area contributed by atoms with E-state index in [1.165, 1.54) is 4.90 Å². The highest BCUT2D eigenvalue weighted by Gasteiger charge is 2.76. The van der Waals surface area contributed by atoms with Crippen molar-refractivity contribution >= 4 is 6.09 Å². The van der Waals surface area contributed by atoms with Crippen molar-refractivity contribution in [2.75, 3.05) is 19.7 Å². The Labute approximate surface area is 190 Å². The lowest BCUT2D eigenvalue weighted by atomic mass is 9.58. The Hall–Kier alpha value is -1.41. The summed E-state index contributed by atoms with van der Waals surface area (Å²) in [6.07, 6.45) is 0.276. The van der Waals surface area contributed by atoms with Crippen molar-refractivity contribution < 1.29 is 30.0 Å². The first-order valence-corrected chi connectivity index (χ1v) is 12.0. The average Bonchev–Trinajstić information content (AvgIpc) is 3.23. The molecule has 1 amide bonds. The molecule has 7 heteroatoms. The van der Waals surface area contributed by atoms with Crippen molar-refractivity contribution in [3.05, 3.63) is 23.3 Å². The molecule has 4 N–H and O–H groups in total. The van der Waals surface area contributed by atoms with E-state index in [1.54, 1.807) is 13.0 Å². The van der Waals surface area contributed by atoms with Gasteiger partial charge in [0.1, 0.15) is 11.7 Å². The molecule has 0 aromatic heterocycles. The van der Waals surface area contributed by atoms with Crippen LogP contribution in [-0.2, 0) is 4.74 Å². The van der Waals surface area contributed by atoms with E-state index in [-0.39, 0.29) is 28.7 Å². The minimum atomic E-state index is -1.98. The first-order chi connectivity index (χ1) is 14.9. The van der Waals surface area contributed by atoms with Crippen LogP contribution in [0, 0.1) is 34.5 Å². The Balaban J connectivity index is 1.86. The number of aliphatic hydroxyl groups excluding tert-OH is 3. The molecule has 1 spiro atoms. The van der Waals surface area contributed by atoms with Gasteiger partial charge in [-0.3, -0.25) is 0 Å². The highest BCUT2D eigenvalue weighted by Crippen LogP contribution is 2.72. The Morgan fingerprint density at radius 2 is 1.88 bits per heavy atom. The quantitative estimate of drug-likeness (QED) is 0.489. The second-order valence-electron chi connectivity index (χ2n) is 11.0. The fourth-order valence-corrected chi connectivity index (χ4v) is 7.56. The van der Waals surface area contributed by atoms with Gasteiger partial charge in [-0.05, 0) is 61.5 Å². The van der Waals surface area contributed by atoms with Crippen molar-refractivity contribution in [1.82, 2.24) is 4.90 Å². The van der Waals surface area contributed by atoms with E-state index in [0.29, 0.717) is 24.6 Å². The smallest absolute Gasteiger partial charge is 0.410 e. The van der Waals surface area contributed by atoms with Crippen molar-refractivity contribution in [1.29, 1.82) is 0 Å². The maximum atomic E-state index is 12.9. The van der Waals surface area contributed by atoms with Gasteiger partial charge >= 0.3 is 6.09 Å². The van der Waals surface area contributed by atoms with E-state index in [9.17, 15) is 25.2 Å². The van der Waals surface area contributed by atoms with Gasteiger partial charge < -0.3 is 30.1 Å². The van der Waals surface area contributed by atoms with Gasteiger partial charge in [-0.25, -0.2) is 4.79 Å². The van der Waals surface area contributed by atoms with Crippen LogP contribution >= 0.6 is 0 Å². The molecule has 0 heterocycles. The zero-order valence-corrected chi connectivity index (χ0v) is 20.1. The zero-order chi connectivity index (χ0) is 23.8. The fraction of sp³-hybridized carbons (Fsp3) is 0.800. The van der Waals surface area contributed by atoms with Crippen LogP contribution in [-0.4, -0.2) is 75.0 Å². The van der Waals surface area contributed by atoms with Crippen LogP contribution in [0.5, 0.6) is 0 Å². The van der Waals surface area contributed by atoms with Crippen LogP contribution in [0.25, 0.3) is 0 Å². The van der Waals surface area contributed by atoms with Gasteiger partial charge in [-0.2, -0.15) is 0 Å². The largest absolute Gasteiger partial charge is 0.438 e. The molecular weight excluding hydrogens is 410 g/mol. The monoisotopic (exact) mass is 449 g/mol. The molecule has 180 valence electrons. The molecular formula is C25H39NO6. The molecule has 1 unspecified atom stereocenters. The number of hydrogen-bond acceptors (Lipinski definition) is 6. The highest BCUT2D eigenvalue weighted by atomic mass is 16.6. The summed E-state index contributed by atoms with van der Waals surface area (Å²) in [6.45, 7) is 12.4. The molecule has 0 radical (unpaired) electrons. The number of nitrogens with zero attached hydrogens (tertiary/aromatic N) is 1. The summed E-state index contributed by atoms with van der Waals surface area (Å²) in [5.41, 5.74) is -2.25. The van der Waals surface area contributed by atoms with Gasteiger partial charge in [0.15, 0.2) is 6.10 Å². The molecule has 0 aromatic rings. The Bertz CT molecular complexity index is 847. The third kappa shape index (κ3) is 2.77. The summed E-state index contributed by atoms with van der Waals surface area (Å²) in [5.74, 6) is 0.0848. The molecule has 4 aliphatic carbocycles. The lowest BCUT2D eigenvalue weighted by Gasteiger charge is -2.52. The molecule has 2 fully saturated rings. The molecule has 4 rings (SSSR count). The third-order valence-electron chi connectivity index (χ3n) is 9.40. The van der Waals surface area contributed by atoms with E-state index < -0.39 is 42.0 Å².